The van der Waals surface area contributed by atoms with Crippen molar-refractivity contribution in [2.75, 3.05) is 44.2 Å². The first kappa shape index (κ1) is 67.0. The minimum atomic E-state index is -2.67. The van der Waals surface area contributed by atoms with Gasteiger partial charge >= 0.3 is 0 Å². The Kier molecular flexibility index (Phi) is 21.9. The average molecular weight is 1300 g/mol. The summed E-state index contributed by atoms with van der Waals surface area (Å²) in [7, 11) is 0. The van der Waals surface area contributed by atoms with Crippen LogP contribution in [-0.2, 0) is 55.6 Å². The first-order valence-corrected chi connectivity index (χ1v) is 31.0. The van der Waals surface area contributed by atoms with Crippen molar-refractivity contribution in [3.63, 3.8) is 0 Å². The van der Waals surface area contributed by atoms with Crippen LogP contribution in [0.25, 0.3) is 31.7 Å². The molecular formula is C58H69N13O18S2. The molecule has 4 fully saturated rings. The van der Waals surface area contributed by atoms with Gasteiger partial charge in [0.15, 0.2) is 11.1 Å². The number of nitrogens with one attached hydrogen (secondary N) is 5. The van der Waals surface area contributed by atoms with E-state index in [0.717, 1.165) is 66.2 Å². The number of amides is 7. The Labute approximate surface area is 526 Å². The van der Waals surface area contributed by atoms with E-state index >= 15 is 0 Å². The number of phenols is 1. The number of nitrogens with zero attached hydrogens (tertiary/aromatic N) is 8. The monoisotopic (exact) mass is 1300 g/mol. The van der Waals surface area contributed by atoms with E-state index in [1.54, 1.807) is 23.0 Å². The minimum absolute atomic E-state index is 0.000562. The molecule has 3 aromatic carbocycles. The van der Waals surface area contributed by atoms with Gasteiger partial charge < -0.3 is 81.9 Å². The molecule has 14 atom stereocenters. The predicted octanol–water partition coefficient (Wildman–Crippen LogP) is -1.93. The van der Waals surface area contributed by atoms with Gasteiger partial charge in [0.25, 0.3) is 5.91 Å². The first-order valence-electron chi connectivity index (χ1n) is 29.1. The number of carbonyl (C=O) groups excluding carboxylic acids is 7. The first-order chi connectivity index (χ1) is 43.5. The molecule has 9 rings (SSSR count). The van der Waals surface area contributed by atoms with Crippen molar-refractivity contribution in [3.05, 3.63) is 102 Å². The second-order valence-corrected chi connectivity index (χ2v) is 24.8. The van der Waals surface area contributed by atoms with E-state index < -0.39 is 181 Å². The zero-order valence-corrected chi connectivity index (χ0v) is 50.7. The van der Waals surface area contributed by atoms with Crippen LogP contribution in [0.5, 0.6) is 5.75 Å². The molecule has 4 aliphatic rings. The third kappa shape index (κ3) is 15.7. The van der Waals surface area contributed by atoms with Crippen molar-refractivity contribution in [2.24, 2.45) is 5.92 Å². The number of fused-ring (bicyclic) bond motifs is 2. The molecule has 91 heavy (non-hydrogen) atoms. The quantitative estimate of drug-likeness (QED) is 0.0308. The maximum atomic E-state index is 14.6. The molecule has 4 aliphatic heterocycles. The van der Waals surface area contributed by atoms with Crippen molar-refractivity contribution < 1.29 is 88.1 Å². The van der Waals surface area contributed by atoms with Crippen LogP contribution in [-0.4, -0.2) is 228 Å². The van der Waals surface area contributed by atoms with Gasteiger partial charge in [0.1, 0.15) is 51.9 Å². The molecule has 5 aromatic rings. The molecule has 7 amide bonds. The number of aromatic nitrogens is 4. The lowest BCUT2D eigenvalue weighted by Gasteiger charge is -2.33. The highest BCUT2D eigenvalue weighted by molar-refractivity contribution is 7.80. The van der Waals surface area contributed by atoms with Crippen LogP contribution in [0.4, 0.5) is 5.69 Å². The van der Waals surface area contributed by atoms with Crippen molar-refractivity contribution >= 4 is 69.5 Å². The standard InChI is InChI=1S/C58H69N13O18S2/c1-29-26-70-48(49(29)78)54(83)60-24-37(73)21-39(62-50(79)32-8-10-33(11-9-32)55-66-67-56(90-55)34-23-61-71(27-34)36-14-12-35(13-15-36)68-17-5-4-6-18-68)51(80)63-45(30(2)72)57(84)69-28-38(74)22-40(69)52(81)64-46(53(82)65-47(58(70)85)43(77)25-59-3)42(76)19-31-7-16-41(75)44(20-31)91(87)89-88-86/h7-16,20,23,27,29-30,37-40,42-43,45-49,72-78,86H,4-6,17-19,21-22,24-26,28H2,1-2H3,(H,60,83)(H,62,79)(H,63,80)(H,64,81)(H,65,82)/t29?,30?,37-,38?,39-,40?,42+,43+,45?,46?,47-,48?,49-,91?/m0/s1. The summed E-state index contributed by atoms with van der Waals surface area (Å²) in [5.74, 6) is -9.68. The van der Waals surface area contributed by atoms with Crippen LogP contribution in [0.2, 0.25) is 0 Å². The van der Waals surface area contributed by atoms with E-state index in [1.807, 2.05) is 18.3 Å². The number of rotatable bonds is 15. The summed E-state index contributed by atoms with van der Waals surface area (Å²) in [4.78, 5) is 108. The van der Waals surface area contributed by atoms with Gasteiger partial charge in [0, 0.05) is 80.9 Å². The van der Waals surface area contributed by atoms with E-state index in [1.165, 1.54) is 42.9 Å². The topological polar surface area (TPSA) is 435 Å². The Hall–Kier alpha value is -8.40. The lowest BCUT2D eigenvalue weighted by atomic mass is 9.99. The minimum Gasteiger partial charge on any atom is -0.507 e. The number of hydrogen-bond acceptors (Lipinski definition) is 23. The fourth-order valence-corrected chi connectivity index (χ4v) is 12.8. The van der Waals surface area contributed by atoms with E-state index in [4.69, 9.17) is 11.8 Å². The number of aliphatic hydroxyl groups is 6. The Bertz CT molecular complexity index is 3530. The Morgan fingerprint density at radius 3 is 2.13 bits per heavy atom. The van der Waals surface area contributed by atoms with Gasteiger partial charge in [-0.05, 0) is 80.3 Å². The van der Waals surface area contributed by atoms with Gasteiger partial charge in [-0.15, -0.1) is 10.2 Å². The number of β-amino-alcohol motifs (C(OH)–C–C–N with tert-alkyl or cyclic N) is 1. The number of anilines is 1. The molecule has 2 aromatic heterocycles. The number of piperidine rings is 1. The molecule has 6 heterocycles. The van der Waals surface area contributed by atoms with Crippen LogP contribution in [0, 0.1) is 12.5 Å². The predicted molar refractivity (Wildman–Crippen MR) is 320 cm³/mol. The number of aromatic hydroxyl groups is 1. The number of hydrogen-bond donors (Lipinski definition) is 13. The van der Waals surface area contributed by atoms with Gasteiger partial charge in [0.05, 0.1) is 48.0 Å². The zero-order valence-electron chi connectivity index (χ0n) is 49.1. The molecule has 4 saturated heterocycles. The molecule has 0 saturated carbocycles. The highest BCUT2D eigenvalue weighted by atomic mass is 32.2. The smallest absolute Gasteiger partial charge is 0.251 e. The molecule has 0 radical (unpaired) electrons. The van der Waals surface area contributed by atoms with Gasteiger partial charge in [-0.25, -0.2) is 20.7 Å². The van der Waals surface area contributed by atoms with Crippen molar-refractivity contribution in [1.82, 2.24) is 56.4 Å². The molecule has 0 spiro atoms. The highest BCUT2D eigenvalue weighted by Gasteiger charge is 2.50. The summed E-state index contributed by atoms with van der Waals surface area (Å²) >= 11 is -1.40. The summed E-state index contributed by atoms with van der Waals surface area (Å²) in [6.07, 6.45) is -5.54. The van der Waals surface area contributed by atoms with Gasteiger partial charge in [-0.2, -0.15) is 5.10 Å². The summed E-state index contributed by atoms with van der Waals surface area (Å²) < 4.78 is 18.5. The number of carbonyl (C=O) groups is 7. The SMILES string of the molecule is [C-]#[N+]C[C@@H](O)[C@@H]1NC(=O)C([C@H](O)Cc2ccc(O)c(S(=O)OOO)c2)NC(=O)C2CC(O)CN2C(=O)C(C(C)O)NC(=O)[C@@H](NC(=O)c2ccc(-c3nnc(-c4cnn(-c5ccc(N6CCCCC6)cc5)c4)s3)cc2)C[C@H](O)CNC(=O)C2[C@@H](O)C(C)CN2C1=O. The van der Waals surface area contributed by atoms with Crippen LogP contribution in [0.1, 0.15) is 61.9 Å². The normalized spacial score (nSPS) is 26.2. The van der Waals surface area contributed by atoms with E-state index in [2.05, 4.69) is 73.1 Å². The van der Waals surface area contributed by atoms with E-state index in [-0.39, 0.29) is 17.7 Å². The molecular weight excluding hydrogens is 1230 g/mol. The lowest BCUT2D eigenvalue weighted by Crippen LogP contribution is -2.64. The lowest BCUT2D eigenvalue weighted by molar-refractivity contribution is -0.435. The zero-order chi connectivity index (χ0) is 65.4. The van der Waals surface area contributed by atoms with Gasteiger partial charge in [-0.1, -0.05) is 45.8 Å². The molecule has 0 aliphatic carbocycles. The van der Waals surface area contributed by atoms with Crippen molar-refractivity contribution in [2.45, 2.75) is 130 Å². The summed E-state index contributed by atoms with van der Waals surface area (Å²) in [6.45, 7) is 9.56. The fraction of sp³-hybridized carbons (Fsp3) is 0.466. The van der Waals surface area contributed by atoms with Crippen LogP contribution >= 0.6 is 11.3 Å². The van der Waals surface area contributed by atoms with Gasteiger partial charge in [0.2, 0.25) is 53.1 Å². The summed E-state index contributed by atoms with van der Waals surface area (Å²) in [5.41, 5.74) is 3.27. The highest BCUT2D eigenvalue weighted by Crippen LogP contribution is 2.32. The maximum absolute atomic E-state index is 14.6. The second-order valence-electron chi connectivity index (χ2n) is 22.7. The third-order valence-corrected chi connectivity index (χ3v) is 18.1. The molecule has 486 valence electrons. The number of phenolic OH excluding ortho intramolecular Hbond substituents is 1. The Morgan fingerprint density at radius 1 is 0.791 bits per heavy atom. The van der Waals surface area contributed by atoms with Crippen molar-refractivity contribution in [3.8, 4) is 32.6 Å². The van der Waals surface area contributed by atoms with Gasteiger partial charge in [-0.3, -0.25) is 33.6 Å². The molecule has 13 N–H and O–H groups in total. The second kappa shape index (κ2) is 29.7. The summed E-state index contributed by atoms with van der Waals surface area (Å²) in [6, 6.07) is 5.80. The molecule has 0 bridgehead atoms. The molecule has 31 nitrogen and oxygen atoms in total. The summed E-state index contributed by atoms with van der Waals surface area (Å²) in [5, 5.41) is 117. The van der Waals surface area contributed by atoms with Crippen LogP contribution < -0.4 is 31.5 Å². The Balaban J connectivity index is 0.978. The average Bonchev–Trinajstić information content (AvgIpc) is 1.73. The van der Waals surface area contributed by atoms with E-state index in [0.29, 0.717) is 21.1 Å². The molecule has 33 heteroatoms. The fourth-order valence-electron chi connectivity index (χ4n) is 11.4. The van der Waals surface area contributed by atoms with Crippen LogP contribution in [0.3, 0.4) is 0 Å². The number of benzene rings is 3. The van der Waals surface area contributed by atoms with E-state index in [9.17, 15) is 73.5 Å². The largest absolute Gasteiger partial charge is 0.507 e. The third-order valence-electron chi connectivity index (χ3n) is 16.2. The number of aliphatic hydroxyl groups excluding tert-OH is 6. The molecule has 8 unspecified atom stereocenters. The maximum Gasteiger partial charge on any atom is 0.251 e. The van der Waals surface area contributed by atoms with Crippen molar-refractivity contribution in [1.29, 1.82) is 0 Å². The Morgan fingerprint density at radius 2 is 1.45 bits per heavy atom. The van der Waals surface area contributed by atoms with Crippen LogP contribution in [0.15, 0.2) is 84.0 Å².